The Kier molecular flexibility index (Phi) is 7.68. The van der Waals surface area contributed by atoms with Crippen LogP contribution in [-0.2, 0) is 10.2 Å². The van der Waals surface area contributed by atoms with Gasteiger partial charge in [0, 0.05) is 0 Å². The first-order chi connectivity index (χ1) is 13.2. The summed E-state index contributed by atoms with van der Waals surface area (Å²) in [6, 6.07) is 18.2. The number of benzene rings is 2. The molecule has 152 valence electrons. The molecule has 3 heteroatoms. The summed E-state index contributed by atoms with van der Waals surface area (Å²) >= 11 is 0. The Morgan fingerprint density at radius 1 is 1.00 bits per heavy atom. The van der Waals surface area contributed by atoms with Gasteiger partial charge in [-0.2, -0.15) is 0 Å². The maximum atomic E-state index is 12.9. The summed E-state index contributed by atoms with van der Waals surface area (Å²) in [5.41, 5.74) is 2.48. The van der Waals surface area contributed by atoms with Gasteiger partial charge < -0.3 is 10.1 Å². The number of carbonyl (C=O) groups excluding carboxylic acids is 1. The molecular weight excluding hydrogens is 346 g/mol. The first kappa shape index (κ1) is 22.0. The van der Waals surface area contributed by atoms with Gasteiger partial charge in [0.1, 0.15) is 5.75 Å². The molecule has 0 fully saturated rings. The number of hydrogen-bond donors (Lipinski definition) is 1. The van der Waals surface area contributed by atoms with Gasteiger partial charge in [0.15, 0.2) is 6.10 Å². The second kappa shape index (κ2) is 9.77. The van der Waals surface area contributed by atoms with Crippen LogP contribution in [0.25, 0.3) is 0 Å². The number of ether oxygens (including phenoxy) is 1. The predicted octanol–water partition coefficient (Wildman–Crippen LogP) is 6.05. The second-order valence-corrected chi connectivity index (χ2v) is 8.89. The zero-order chi connectivity index (χ0) is 20.7. The molecule has 0 aliphatic carbocycles. The third-order valence-electron chi connectivity index (χ3n) is 4.89. The zero-order valence-corrected chi connectivity index (χ0v) is 18.2. The molecule has 0 heterocycles. The fourth-order valence-electron chi connectivity index (χ4n) is 3.22. The van der Waals surface area contributed by atoms with Gasteiger partial charge in [0.05, 0.1) is 6.04 Å². The lowest BCUT2D eigenvalue weighted by Gasteiger charge is -2.25. The Morgan fingerprint density at radius 3 is 2.11 bits per heavy atom. The second-order valence-electron chi connectivity index (χ2n) is 8.89. The molecule has 0 saturated carbocycles. The monoisotopic (exact) mass is 381 g/mol. The highest BCUT2D eigenvalue weighted by atomic mass is 16.5. The van der Waals surface area contributed by atoms with Gasteiger partial charge in [0.25, 0.3) is 5.91 Å². The highest BCUT2D eigenvalue weighted by Gasteiger charge is 2.23. The Morgan fingerprint density at radius 2 is 1.61 bits per heavy atom. The van der Waals surface area contributed by atoms with Crippen LogP contribution >= 0.6 is 0 Å². The number of hydrogen-bond acceptors (Lipinski definition) is 2. The van der Waals surface area contributed by atoms with Gasteiger partial charge in [-0.05, 0) is 47.4 Å². The van der Waals surface area contributed by atoms with Crippen molar-refractivity contribution in [1.82, 2.24) is 5.32 Å². The van der Waals surface area contributed by atoms with Gasteiger partial charge in [-0.1, -0.05) is 84.0 Å². The fraction of sp³-hybridized carbons (Fsp3) is 0.480. The van der Waals surface area contributed by atoms with E-state index in [2.05, 4.69) is 64.2 Å². The molecule has 2 atom stereocenters. The Hall–Kier alpha value is -2.29. The first-order valence-corrected chi connectivity index (χ1v) is 10.3. The average Bonchev–Trinajstić information content (AvgIpc) is 2.65. The zero-order valence-electron chi connectivity index (χ0n) is 18.2. The number of rotatable bonds is 8. The summed E-state index contributed by atoms with van der Waals surface area (Å²) in [6.45, 7) is 12.9. The summed E-state index contributed by atoms with van der Waals surface area (Å²) in [5.74, 6) is 1.16. The van der Waals surface area contributed by atoms with Crippen molar-refractivity contribution < 1.29 is 9.53 Å². The lowest BCUT2D eigenvalue weighted by Crippen LogP contribution is -2.40. The van der Waals surface area contributed by atoms with E-state index >= 15 is 0 Å². The number of amides is 1. The molecule has 0 radical (unpaired) electrons. The molecule has 0 aromatic heterocycles. The molecule has 0 spiro atoms. The van der Waals surface area contributed by atoms with E-state index in [0.29, 0.717) is 12.3 Å². The van der Waals surface area contributed by atoms with Crippen LogP contribution in [0.2, 0.25) is 0 Å². The fourth-order valence-corrected chi connectivity index (χ4v) is 3.22. The van der Waals surface area contributed by atoms with Crippen LogP contribution in [0.1, 0.15) is 71.6 Å². The Labute approximate surface area is 170 Å². The van der Waals surface area contributed by atoms with E-state index in [0.717, 1.165) is 17.7 Å². The van der Waals surface area contributed by atoms with Crippen molar-refractivity contribution >= 4 is 5.91 Å². The van der Waals surface area contributed by atoms with E-state index in [-0.39, 0.29) is 17.4 Å². The van der Waals surface area contributed by atoms with E-state index in [1.54, 1.807) is 0 Å². The molecule has 0 aliphatic rings. The third kappa shape index (κ3) is 6.40. The van der Waals surface area contributed by atoms with Crippen molar-refractivity contribution in [2.45, 2.75) is 71.9 Å². The number of carbonyl (C=O) groups is 1. The van der Waals surface area contributed by atoms with Crippen molar-refractivity contribution in [1.29, 1.82) is 0 Å². The van der Waals surface area contributed by atoms with Crippen LogP contribution < -0.4 is 10.1 Å². The van der Waals surface area contributed by atoms with Crippen LogP contribution in [-0.4, -0.2) is 12.0 Å². The largest absolute Gasteiger partial charge is 0.481 e. The topological polar surface area (TPSA) is 38.3 Å². The van der Waals surface area contributed by atoms with Gasteiger partial charge in [-0.15, -0.1) is 0 Å². The molecule has 0 aliphatic heterocycles. The van der Waals surface area contributed by atoms with E-state index in [4.69, 9.17) is 4.74 Å². The van der Waals surface area contributed by atoms with Crippen molar-refractivity contribution in [3.63, 3.8) is 0 Å². The van der Waals surface area contributed by atoms with Crippen LogP contribution in [0.3, 0.4) is 0 Å². The maximum absolute atomic E-state index is 12.9. The van der Waals surface area contributed by atoms with Gasteiger partial charge >= 0.3 is 0 Å². The molecule has 28 heavy (non-hydrogen) atoms. The average molecular weight is 382 g/mol. The van der Waals surface area contributed by atoms with Crippen molar-refractivity contribution in [3.8, 4) is 5.75 Å². The normalized spacial score (nSPS) is 13.8. The van der Waals surface area contributed by atoms with Crippen LogP contribution in [0.15, 0.2) is 54.6 Å². The molecule has 1 N–H and O–H groups in total. The molecule has 1 amide bonds. The maximum Gasteiger partial charge on any atom is 0.261 e. The summed E-state index contributed by atoms with van der Waals surface area (Å²) in [6.07, 6.45) is 1.02. The van der Waals surface area contributed by atoms with Gasteiger partial charge in [-0.3, -0.25) is 4.79 Å². The minimum Gasteiger partial charge on any atom is -0.481 e. The van der Waals surface area contributed by atoms with Crippen LogP contribution in [0.5, 0.6) is 5.75 Å². The molecule has 2 rings (SSSR count). The standard InChI is InChI=1S/C25H35NO2/c1-7-23(28-21-15-13-20(14-16-21)25(4,5)6)24(27)26-22(17-18(2)3)19-11-9-8-10-12-19/h8-16,18,22-23H,7,17H2,1-6H3,(H,26,27)/t22-,23-/m0/s1. The van der Waals surface area contributed by atoms with Gasteiger partial charge in [0.2, 0.25) is 0 Å². The Balaban J connectivity index is 2.08. The molecule has 0 saturated heterocycles. The summed E-state index contributed by atoms with van der Waals surface area (Å²) in [7, 11) is 0. The lowest BCUT2D eigenvalue weighted by atomic mass is 9.87. The lowest BCUT2D eigenvalue weighted by molar-refractivity contribution is -0.129. The minimum atomic E-state index is -0.501. The molecule has 2 aromatic carbocycles. The minimum absolute atomic E-state index is 0.00498. The third-order valence-corrected chi connectivity index (χ3v) is 4.89. The van der Waals surface area contributed by atoms with Crippen LogP contribution in [0.4, 0.5) is 0 Å². The van der Waals surface area contributed by atoms with Crippen molar-refractivity contribution in [2.24, 2.45) is 5.92 Å². The molecule has 3 nitrogen and oxygen atoms in total. The van der Waals surface area contributed by atoms with E-state index in [1.807, 2.05) is 37.3 Å². The molecular formula is C25H35NO2. The smallest absolute Gasteiger partial charge is 0.261 e. The van der Waals surface area contributed by atoms with E-state index in [9.17, 15) is 4.79 Å². The van der Waals surface area contributed by atoms with Crippen LogP contribution in [0, 0.1) is 5.92 Å². The summed E-state index contributed by atoms with van der Waals surface area (Å²) in [5, 5.41) is 3.21. The predicted molar refractivity (Wildman–Crippen MR) is 117 cm³/mol. The molecule has 2 aromatic rings. The Bertz CT molecular complexity index is 729. The molecule has 0 bridgehead atoms. The van der Waals surface area contributed by atoms with Crippen molar-refractivity contribution in [2.75, 3.05) is 0 Å². The van der Waals surface area contributed by atoms with E-state index in [1.165, 1.54) is 5.56 Å². The number of nitrogens with one attached hydrogen (secondary N) is 1. The highest BCUT2D eigenvalue weighted by molar-refractivity contribution is 5.81. The van der Waals surface area contributed by atoms with Gasteiger partial charge in [-0.25, -0.2) is 0 Å². The summed E-state index contributed by atoms with van der Waals surface area (Å²) < 4.78 is 6.02. The quantitative estimate of drug-likeness (QED) is 0.605. The summed E-state index contributed by atoms with van der Waals surface area (Å²) in [4.78, 5) is 12.9. The molecule has 0 unspecified atom stereocenters. The highest BCUT2D eigenvalue weighted by Crippen LogP contribution is 2.25. The van der Waals surface area contributed by atoms with Crippen molar-refractivity contribution in [3.05, 3.63) is 65.7 Å². The first-order valence-electron chi connectivity index (χ1n) is 10.3. The van der Waals surface area contributed by atoms with E-state index < -0.39 is 6.10 Å². The SMILES string of the molecule is CC[C@H](Oc1ccc(C(C)(C)C)cc1)C(=O)N[C@@H](CC(C)C)c1ccccc1.